The van der Waals surface area contributed by atoms with Crippen molar-refractivity contribution in [3.63, 3.8) is 0 Å². The molecule has 10 aromatic rings. The van der Waals surface area contributed by atoms with Gasteiger partial charge in [0.15, 0.2) is 0 Å². The molecule has 0 aromatic carbocycles. The number of aromatic nitrogens is 4. The Kier molecular flexibility index (Phi) is 47.9. The molecule has 0 unspecified atom stereocenters. The third kappa shape index (κ3) is 36.2. The number of unbranched alkanes of at least 4 members (excludes halogenated alkanes) is 42. The van der Waals surface area contributed by atoms with Crippen LogP contribution in [0.5, 0.6) is 0 Å². The van der Waals surface area contributed by atoms with E-state index in [0.717, 1.165) is 70.7 Å². The average Bonchev–Trinajstić information content (AvgIpc) is 1.67. The lowest BCUT2D eigenvalue weighted by molar-refractivity contribution is 0.575. The molecule has 0 bridgehead atoms. The number of pyridine rings is 4. The molecule has 0 saturated heterocycles. The second-order valence-electron chi connectivity index (χ2n) is 35.2. The second kappa shape index (κ2) is 59.7. The van der Waals surface area contributed by atoms with Crippen molar-refractivity contribution >= 4 is 117 Å². The highest BCUT2D eigenvalue weighted by Crippen LogP contribution is 2.43. The van der Waals surface area contributed by atoms with Crippen molar-refractivity contribution in [2.75, 3.05) is 0 Å². The van der Waals surface area contributed by atoms with Gasteiger partial charge in [0.05, 0.1) is 22.8 Å². The molecule has 0 amide bonds. The van der Waals surface area contributed by atoms with Gasteiger partial charge in [-0.15, -0.1) is 68.0 Å². The van der Waals surface area contributed by atoms with Crippen LogP contribution >= 0.6 is 68.0 Å². The van der Waals surface area contributed by atoms with E-state index in [2.05, 4.69) is 186 Å². The first-order chi connectivity index (χ1) is 60.3. The molecule has 0 N–H and O–H groups in total. The van der Waals surface area contributed by atoms with E-state index in [1.54, 1.807) is 0 Å². The maximum atomic E-state index is 5.03. The molecule has 0 aliphatic heterocycles. The maximum absolute atomic E-state index is 5.03. The molecule has 0 atom stereocenters. The van der Waals surface area contributed by atoms with Crippen molar-refractivity contribution < 1.29 is 0 Å². The number of nitrogens with zero attached hydrogens (tertiary/aromatic N) is 4. The van der Waals surface area contributed by atoms with Gasteiger partial charge >= 0.3 is 0 Å². The van der Waals surface area contributed by atoms with Gasteiger partial charge in [0.2, 0.25) is 0 Å². The van der Waals surface area contributed by atoms with Crippen molar-refractivity contribution in [3.05, 3.63) is 196 Å². The van der Waals surface area contributed by atoms with E-state index in [-0.39, 0.29) is 0 Å². The molecule has 10 heteroatoms. The van der Waals surface area contributed by atoms with Gasteiger partial charge in [-0.3, -0.25) is 19.9 Å². The predicted octanol–water partition coefficient (Wildman–Crippen LogP) is 38.8. The first kappa shape index (κ1) is 97.9. The van der Waals surface area contributed by atoms with Gasteiger partial charge in [0.25, 0.3) is 0 Å². The van der Waals surface area contributed by atoms with Gasteiger partial charge in [-0.2, -0.15) is 0 Å². The van der Waals surface area contributed by atoms with Crippen molar-refractivity contribution in [1.82, 2.24) is 19.9 Å². The highest BCUT2D eigenvalue weighted by Gasteiger charge is 2.18. The minimum Gasteiger partial charge on any atom is -0.254 e. The van der Waals surface area contributed by atoms with Crippen molar-refractivity contribution in [2.45, 2.75) is 388 Å². The topological polar surface area (TPSA) is 51.6 Å². The number of thiophene rings is 6. The molecule has 10 rings (SSSR count). The molecule has 0 aliphatic rings. The highest BCUT2D eigenvalue weighted by atomic mass is 32.1. The number of aryl methyl sites for hydroxylation is 6. The van der Waals surface area contributed by atoms with Crippen molar-refractivity contribution in [3.8, 4) is 52.0 Å². The molecule has 122 heavy (non-hydrogen) atoms. The molecule has 10 aromatic heterocycles. The first-order valence-corrected chi connectivity index (χ1v) is 54.6. The van der Waals surface area contributed by atoms with Gasteiger partial charge in [0, 0.05) is 73.6 Å². The Morgan fingerprint density at radius 2 is 0.402 bits per heavy atom. The van der Waals surface area contributed by atoms with Crippen LogP contribution in [0, 0.1) is 0 Å². The smallest absolute Gasteiger partial charge is 0.0886 e. The van der Waals surface area contributed by atoms with Crippen molar-refractivity contribution in [1.29, 1.82) is 0 Å². The normalized spacial score (nSPS) is 12.0. The van der Waals surface area contributed by atoms with Crippen LogP contribution in [0.3, 0.4) is 0 Å². The number of hydrogen-bond acceptors (Lipinski definition) is 10. The Bertz CT molecular complexity index is 4230. The predicted molar refractivity (Wildman–Crippen MR) is 551 cm³/mol. The Labute approximate surface area is 766 Å². The SMILES string of the molecule is CCCCCCCCCCc1csc(-c2cc(CCCCCCCCCC)c(/C=C/c3ccc(-c4ccc(/C=C/c5sc(-c6cc(CCCCCCCCCC)c(/C=C/c7ccc(-c8ccc(/C=C/c9sc(-c%10cc(CCCCCCCCCC)cs%10)cc9CCCCCCCCCC)cn8)nc7)s6)cc5CCCCCCCCCC)cn4)nc3)s2)c1. The van der Waals surface area contributed by atoms with E-state index >= 15 is 0 Å². The Balaban J connectivity index is 0.799. The zero-order valence-electron chi connectivity index (χ0n) is 76.6. The Morgan fingerprint density at radius 1 is 0.205 bits per heavy atom. The molecular formula is C112H154N4S6. The van der Waals surface area contributed by atoms with E-state index in [0.29, 0.717) is 0 Å². The fourth-order valence-electron chi connectivity index (χ4n) is 16.9. The van der Waals surface area contributed by atoms with Crippen LogP contribution in [0.1, 0.15) is 425 Å². The maximum Gasteiger partial charge on any atom is 0.0886 e. The van der Waals surface area contributed by atoms with Gasteiger partial charge in [-0.25, -0.2) is 0 Å². The number of rotatable bonds is 67. The molecule has 0 saturated carbocycles. The summed E-state index contributed by atoms with van der Waals surface area (Å²) >= 11 is 11.7. The largest absolute Gasteiger partial charge is 0.254 e. The summed E-state index contributed by atoms with van der Waals surface area (Å²) in [5.74, 6) is 0. The zero-order chi connectivity index (χ0) is 84.9. The molecule has 0 fully saturated rings. The van der Waals surface area contributed by atoms with E-state index in [1.165, 1.54) is 403 Å². The third-order valence-electron chi connectivity index (χ3n) is 24.6. The fraction of sp³-hybridized carbons (Fsp3) is 0.536. The summed E-state index contributed by atoms with van der Waals surface area (Å²) in [6, 6.07) is 32.5. The van der Waals surface area contributed by atoms with Crippen LogP contribution in [0.2, 0.25) is 0 Å². The quantitative estimate of drug-likeness (QED) is 0.0357. The van der Waals surface area contributed by atoms with Crippen molar-refractivity contribution in [2.24, 2.45) is 0 Å². The van der Waals surface area contributed by atoms with Gasteiger partial charge in [0.1, 0.15) is 0 Å². The van der Waals surface area contributed by atoms with Crippen LogP contribution in [0.15, 0.2) is 120 Å². The molecule has 0 radical (unpaired) electrons. The Hall–Kier alpha value is -6.24. The zero-order valence-corrected chi connectivity index (χ0v) is 81.5. The molecule has 10 heterocycles. The molecular weight excluding hydrogens is 1590 g/mol. The van der Waals surface area contributed by atoms with Gasteiger partial charge < -0.3 is 0 Å². The summed E-state index contributed by atoms with van der Waals surface area (Å²) in [5, 5.41) is 4.85. The van der Waals surface area contributed by atoms with Crippen LogP contribution in [0.25, 0.3) is 101 Å². The first-order valence-electron chi connectivity index (χ1n) is 49.5. The van der Waals surface area contributed by atoms with E-state index in [9.17, 15) is 0 Å². The Morgan fingerprint density at radius 3 is 0.607 bits per heavy atom. The number of hydrogen-bond donors (Lipinski definition) is 0. The minimum absolute atomic E-state index is 0.896. The molecule has 658 valence electrons. The van der Waals surface area contributed by atoms with Gasteiger partial charge in [-0.05, 0) is 228 Å². The molecule has 4 nitrogen and oxygen atoms in total. The molecule has 0 aliphatic carbocycles. The minimum atomic E-state index is 0.896. The van der Waals surface area contributed by atoms with Crippen LogP contribution in [-0.4, -0.2) is 19.9 Å². The summed E-state index contributed by atoms with van der Waals surface area (Å²) in [6.45, 7) is 13.9. The lowest BCUT2D eigenvalue weighted by Crippen LogP contribution is -1.89. The summed E-state index contributed by atoms with van der Waals surface area (Å²) in [6.07, 6.45) is 98.0. The average molecular weight is 1750 g/mol. The van der Waals surface area contributed by atoms with E-state index in [1.807, 2.05) is 92.8 Å². The van der Waals surface area contributed by atoms with Crippen LogP contribution in [0.4, 0.5) is 0 Å². The monoisotopic (exact) mass is 1750 g/mol. The van der Waals surface area contributed by atoms with E-state index in [4.69, 9.17) is 19.9 Å². The molecule has 0 spiro atoms. The summed E-state index contributed by atoms with van der Waals surface area (Å²) in [5.41, 5.74) is 17.0. The van der Waals surface area contributed by atoms with Gasteiger partial charge in [-0.1, -0.05) is 360 Å². The summed E-state index contributed by atoms with van der Waals surface area (Å²) in [4.78, 5) is 34.0. The lowest BCUT2D eigenvalue weighted by atomic mass is 10.0. The summed E-state index contributed by atoms with van der Waals surface area (Å²) < 4.78 is 0. The summed E-state index contributed by atoms with van der Waals surface area (Å²) in [7, 11) is 0. The third-order valence-corrected chi connectivity index (χ3v) is 31.7. The van der Waals surface area contributed by atoms with Crippen LogP contribution < -0.4 is 0 Å². The lowest BCUT2D eigenvalue weighted by Gasteiger charge is -2.03. The second-order valence-corrected chi connectivity index (χ2v) is 41.4. The van der Waals surface area contributed by atoms with Crippen LogP contribution in [-0.2, 0) is 38.5 Å². The standard InChI is InChI=1S/C112H154N4S6/c1-7-13-19-25-31-37-43-49-55-93-77-107(117-87-93)109-79-95(57-51-45-39-33-27-21-15-9-3)103(119-109)73-65-89-61-69-99(113-83-89)101-71-63-91(85-115-101)67-75-105-97(59-53-47-41-35-29-23-17-11-5)81-111(121-105)112-82-98(60-54-48-42-36-30-24-18-12-6)106(122-112)76-68-92-64-72-102(116-86-92)100-70-62-90(84-114-100)66-74-104-96(58-52-46-40-34-28-22-16-10-4)80-110(120-104)108-78-94(88-118-108)56-50-44-38-32-26-20-14-8-2/h61-88H,7-60H2,1-6H3/b73-65+,74-66+,75-67+,76-68+. The fourth-order valence-corrected chi connectivity index (χ4v) is 23.5. The highest BCUT2D eigenvalue weighted by molar-refractivity contribution is 7.23. The van der Waals surface area contributed by atoms with E-state index < -0.39 is 0 Å².